The predicted octanol–water partition coefficient (Wildman–Crippen LogP) is -5.24. The maximum atomic E-state index is 12.8. The first-order valence-corrected chi connectivity index (χ1v) is 21.3. The quantitative estimate of drug-likeness (QED) is 0.0701. The number of nitrogens with one attached hydrogen (secondary N) is 3. The summed E-state index contributed by atoms with van der Waals surface area (Å²) in [6.45, 7) is 0.739. The van der Waals surface area contributed by atoms with Crippen LogP contribution in [0.15, 0.2) is 54.6 Å². The van der Waals surface area contributed by atoms with Gasteiger partial charge in [-0.15, -0.1) is 0 Å². The van der Waals surface area contributed by atoms with Crippen LogP contribution < -0.4 is 14.9 Å². The molecule has 2 aromatic rings. The molecule has 3 aliphatic heterocycles. The van der Waals surface area contributed by atoms with Gasteiger partial charge in [-0.05, 0) is 18.1 Å². The Bertz CT molecular complexity index is 1700. The minimum atomic E-state index is -2.72. The molecule has 0 aromatic heterocycles. The van der Waals surface area contributed by atoms with Gasteiger partial charge in [0.25, 0.3) is 0 Å². The molecule has 20 nitrogen and oxygen atoms in total. The molecule has 0 bridgehead atoms. The molecule has 0 radical (unpaired) electrons. The van der Waals surface area contributed by atoms with E-state index in [2.05, 4.69) is 14.9 Å². The molecule has 3 heterocycles. The second-order valence-corrected chi connectivity index (χ2v) is 16.2. The van der Waals surface area contributed by atoms with Crippen LogP contribution in [0.5, 0.6) is 0 Å². The fourth-order valence-corrected chi connectivity index (χ4v) is 9.07. The van der Waals surface area contributed by atoms with Gasteiger partial charge in [-0.2, -0.15) is 0 Å². The van der Waals surface area contributed by atoms with Crippen molar-refractivity contribution in [2.45, 2.75) is 124 Å². The van der Waals surface area contributed by atoms with Crippen LogP contribution >= 0.6 is 0 Å². The molecular formula is C38H55GeN3O17. The molecule has 12 N–H and O–H groups in total. The third-order valence-electron chi connectivity index (χ3n) is 10.9. The molecule has 59 heavy (non-hydrogen) atoms. The van der Waals surface area contributed by atoms with Crippen LogP contribution in [0.4, 0.5) is 0 Å². The SMILES string of the molecule is CC(=O)NC1[C@H](C)OC(CO)[C@@H](O[C@@H]2OC(CO[C@]3(C(=O)O)C[C@@H](O)[C@@H]([NH][GeH3])C([C@H](O)[C@H](O)CNC(=O)Cc4ccc(-c5ccccc5)cc4)O3)[C@H](O)[C@H](O)C2O)[C@@H]1O. The van der Waals surface area contributed by atoms with E-state index in [9.17, 15) is 60.3 Å². The van der Waals surface area contributed by atoms with Gasteiger partial charge in [0.1, 0.15) is 12.2 Å². The summed E-state index contributed by atoms with van der Waals surface area (Å²) in [7, 11) is 0. The van der Waals surface area contributed by atoms with E-state index in [0.29, 0.717) is 5.56 Å². The Labute approximate surface area is 347 Å². The summed E-state index contributed by atoms with van der Waals surface area (Å²) in [6, 6.07) is 14.9. The first kappa shape index (κ1) is 46.9. The van der Waals surface area contributed by atoms with Crippen LogP contribution in [0.2, 0.25) is 0 Å². The Morgan fingerprint density at radius 3 is 2.17 bits per heavy atom. The number of ether oxygens (including phenoxy) is 5. The van der Waals surface area contributed by atoms with Crippen molar-refractivity contribution in [2.75, 3.05) is 19.8 Å². The number of hydrogen-bond donors (Lipinski definition) is 12. The summed E-state index contributed by atoms with van der Waals surface area (Å²) >= 11 is -0.183. The molecule has 2 aromatic carbocycles. The van der Waals surface area contributed by atoms with Crippen LogP contribution in [-0.4, -0.2) is 198 Å². The van der Waals surface area contributed by atoms with Crippen molar-refractivity contribution in [1.82, 2.24) is 14.9 Å². The standard InChI is InChI=1S/C38H55GeN3O17/c1-17-27(41-18(2)44)31(50)34(24(15-43)56-17)58-36-33(52)32(51)30(49)25(57-36)16-55-38(37(53)54)13-22(45)28(42-39)35(59-38)29(48)23(46)14-40-26(47)12-19-8-10-21(11-9-19)20-6-4-3-5-7-20/h3-11,17,22-25,27-36,42-43,45-46,48-52H,12-16H2,1-2,39H3,(H,40,47)(H,41,44)(H,53,54)/t17-,22+,23+,24?,25?,27?,28+,29+,30-,31+,32-,33?,34+,35?,36-,38+/m0/s1. The van der Waals surface area contributed by atoms with Crippen molar-refractivity contribution in [3.63, 3.8) is 0 Å². The second-order valence-electron chi connectivity index (χ2n) is 15.0. The molecule has 328 valence electrons. The fraction of sp³-hybridized carbons (Fsp3) is 0.605. The van der Waals surface area contributed by atoms with E-state index in [1.54, 1.807) is 19.1 Å². The van der Waals surface area contributed by atoms with Gasteiger partial charge in [0.15, 0.2) is 0 Å². The van der Waals surface area contributed by atoms with Gasteiger partial charge >= 0.3 is 231 Å². The van der Waals surface area contributed by atoms with Crippen LogP contribution in [0.3, 0.4) is 0 Å². The van der Waals surface area contributed by atoms with Gasteiger partial charge in [-0.3, -0.25) is 4.79 Å². The molecule has 5 rings (SSSR count). The van der Waals surface area contributed by atoms with E-state index in [1.807, 2.05) is 42.5 Å². The average Bonchev–Trinajstić information content (AvgIpc) is 3.21. The van der Waals surface area contributed by atoms with E-state index >= 15 is 0 Å². The number of benzene rings is 2. The fourth-order valence-electron chi connectivity index (χ4n) is 7.58. The van der Waals surface area contributed by atoms with Crippen molar-refractivity contribution >= 4 is 34.5 Å². The second kappa shape index (κ2) is 20.6. The summed E-state index contributed by atoms with van der Waals surface area (Å²) in [5, 5.41) is 102. The Hall–Kier alpha value is -3.17. The zero-order valence-corrected chi connectivity index (χ0v) is 36.9. The van der Waals surface area contributed by atoms with Gasteiger partial charge in [0.2, 0.25) is 5.91 Å². The molecule has 3 fully saturated rings. The number of carbonyl (C=O) groups is 3. The number of amides is 2. The van der Waals surface area contributed by atoms with Gasteiger partial charge < -0.3 is 20.3 Å². The van der Waals surface area contributed by atoms with Crippen molar-refractivity contribution < 1.29 is 84.0 Å². The van der Waals surface area contributed by atoms with Crippen LogP contribution in [0, 0.1) is 0 Å². The Morgan fingerprint density at radius 1 is 0.898 bits per heavy atom. The Kier molecular flexibility index (Phi) is 16.4. The van der Waals surface area contributed by atoms with E-state index in [1.165, 1.54) is 6.92 Å². The predicted molar refractivity (Wildman–Crippen MR) is 206 cm³/mol. The molecule has 3 aliphatic rings. The normalized spacial score (nSPS) is 36.0. The number of rotatable bonds is 16. The summed E-state index contributed by atoms with van der Waals surface area (Å²) in [6.07, 6.45) is -21.8. The number of carboxylic acid groups (broad SMARTS) is 1. The molecule has 2 amide bonds. The number of aliphatic hydroxyl groups excluding tert-OH is 8. The van der Waals surface area contributed by atoms with E-state index < -0.39 is 141 Å². The van der Waals surface area contributed by atoms with Gasteiger partial charge in [0, 0.05) is 6.92 Å². The van der Waals surface area contributed by atoms with Crippen LogP contribution in [-0.2, 0) is 44.5 Å². The van der Waals surface area contributed by atoms with Crippen molar-refractivity contribution in [3.05, 3.63) is 60.2 Å². The topological polar surface area (TPSA) is 316 Å². The molecule has 0 aliphatic carbocycles. The summed E-state index contributed by atoms with van der Waals surface area (Å²) in [5.74, 6) is -5.47. The number of carboxylic acids is 1. The zero-order chi connectivity index (χ0) is 43.2. The first-order chi connectivity index (χ1) is 28.0. The van der Waals surface area contributed by atoms with E-state index in [4.69, 9.17) is 23.7 Å². The summed E-state index contributed by atoms with van der Waals surface area (Å²) < 4.78 is 31.6. The van der Waals surface area contributed by atoms with Crippen molar-refractivity contribution in [3.8, 4) is 11.1 Å². The molecule has 0 saturated carbocycles. The minimum absolute atomic E-state index is 0.0419. The van der Waals surface area contributed by atoms with Crippen LogP contribution in [0.25, 0.3) is 11.1 Å². The van der Waals surface area contributed by atoms with E-state index in [-0.39, 0.29) is 23.2 Å². The molecule has 5 unspecified atom stereocenters. The number of aliphatic hydroxyl groups is 8. The molecular weight excluding hydrogens is 843 g/mol. The smallest absolute Gasteiger partial charge is 0.388 e. The Balaban J connectivity index is 1.23. The Morgan fingerprint density at radius 2 is 1.56 bits per heavy atom. The van der Waals surface area contributed by atoms with Gasteiger partial charge in [-0.25, -0.2) is 0 Å². The third-order valence-corrected chi connectivity index (χ3v) is 12.3. The third kappa shape index (κ3) is 11.0. The first-order valence-electron chi connectivity index (χ1n) is 19.2. The number of hydrogen-bond acceptors (Lipinski definition) is 17. The monoisotopic (exact) mass is 899 g/mol. The van der Waals surface area contributed by atoms with E-state index in [0.717, 1.165) is 11.1 Å². The average molecular weight is 898 g/mol. The molecule has 0 spiro atoms. The van der Waals surface area contributed by atoms with Crippen molar-refractivity contribution in [1.29, 1.82) is 0 Å². The number of carbonyl (C=O) groups excluding carboxylic acids is 2. The molecule has 21 heteroatoms. The minimum Gasteiger partial charge on any atom is -0.388 e. The zero-order valence-electron chi connectivity index (χ0n) is 32.7. The number of aliphatic carboxylic acids is 1. The maximum absolute atomic E-state index is 12.8. The van der Waals surface area contributed by atoms with Crippen LogP contribution in [0.1, 0.15) is 25.8 Å². The van der Waals surface area contributed by atoms with Gasteiger partial charge in [-0.1, -0.05) is 30.3 Å². The summed E-state index contributed by atoms with van der Waals surface area (Å²) in [4.78, 5) is 37.4. The van der Waals surface area contributed by atoms with Gasteiger partial charge in [0.05, 0.1) is 18.8 Å². The van der Waals surface area contributed by atoms with Crippen molar-refractivity contribution in [2.24, 2.45) is 0 Å². The molecule has 16 atom stereocenters. The molecule has 3 saturated heterocycles. The summed E-state index contributed by atoms with van der Waals surface area (Å²) in [5.41, 5.74) is 2.65.